The van der Waals surface area contributed by atoms with Gasteiger partial charge in [0.1, 0.15) is 6.73 Å². The number of imidazole rings is 1. The zero-order valence-corrected chi connectivity index (χ0v) is 17.3. The minimum atomic E-state index is -1.08. The largest absolute Gasteiger partial charge is 0.504 e. The summed E-state index contributed by atoms with van der Waals surface area (Å²) >= 11 is 0. The molecule has 0 amide bonds. The zero-order valence-electron chi connectivity index (χ0n) is 16.3. The van der Waals surface area contributed by atoms with E-state index in [1.54, 1.807) is 13.2 Å². The highest BCUT2D eigenvalue weighted by atomic mass is 28.3. The molecule has 7 heteroatoms. The Balaban J connectivity index is 1.80. The summed E-state index contributed by atoms with van der Waals surface area (Å²) in [6.07, 6.45) is 4.79. The minimum absolute atomic E-state index is 0.119. The van der Waals surface area contributed by atoms with Crippen molar-refractivity contribution in [2.75, 3.05) is 25.8 Å². The molecule has 2 N–H and O–H groups in total. The van der Waals surface area contributed by atoms with Crippen LogP contribution in [0.15, 0.2) is 12.1 Å². The first-order valence-electron chi connectivity index (χ1n) is 9.49. The number of aromatic hydroxyl groups is 1. The smallest absolute Gasteiger partial charge is 0.205 e. The van der Waals surface area contributed by atoms with Crippen molar-refractivity contribution in [1.29, 1.82) is 0 Å². The SMILES string of the molecule is COc1cc2c(cc1O)nc(NCOCC[Si](C)(C)C)n2C1CCCC1. The first-order chi connectivity index (χ1) is 12.4. The van der Waals surface area contributed by atoms with Gasteiger partial charge in [0.2, 0.25) is 5.95 Å². The molecule has 1 aliphatic carbocycles. The fourth-order valence-electron chi connectivity index (χ4n) is 3.50. The zero-order chi connectivity index (χ0) is 18.7. The van der Waals surface area contributed by atoms with E-state index in [4.69, 9.17) is 14.5 Å². The van der Waals surface area contributed by atoms with Crippen LogP contribution in [0.1, 0.15) is 31.7 Å². The second-order valence-electron chi connectivity index (χ2n) is 8.30. The van der Waals surface area contributed by atoms with Crippen LogP contribution in [0.25, 0.3) is 11.0 Å². The van der Waals surface area contributed by atoms with Gasteiger partial charge in [-0.15, -0.1) is 0 Å². The quantitative estimate of drug-likeness (QED) is 0.400. The van der Waals surface area contributed by atoms with E-state index < -0.39 is 8.07 Å². The molecule has 1 aliphatic rings. The number of fused-ring (bicyclic) bond motifs is 1. The molecular weight excluding hydrogens is 346 g/mol. The van der Waals surface area contributed by atoms with Crippen molar-refractivity contribution in [2.24, 2.45) is 0 Å². The lowest BCUT2D eigenvalue weighted by molar-refractivity contribution is 0.165. The van der Waals surface area contributed by atoms with Gasteiger partial charge >= 0.3 is 0 Å². The van der Waals surface area contributed by atoms with Gasteiger partial charge in [0.25, 0.3) is 0 Å². The molecule has 0 bridgehead atoms. The number of benzene rings is 1. The predicted octanol–water partition coefficient (Wildman–Crippen LogP) is 4.59. The molecule has 0 unspecified atom stereocenters. The average Bonchev–Trinajstić information content (AvgIpc) is 3.19. The van der Waals surface area contributed by atoms with Crippen molar-refractivity contribution in [3.05, 3.63) is 12.1 Å². The maximum atomic E-state index is 10.1. The van der Waals surface area contributed by atoms with Crippen LogP contribution in [0.4, 0.5) is 5.95 Å². The number of aromatic nitrogens is 2. The molecular formula is C19H31N3O3Si. The number of rotatable bonds is 8. The molecule has 1 fully saturated rings. The molecule has 1 heterocycles. The van der Waals surface area contributed by atoms with Crippen molar-refractivity contribution in [3.8, 4) is 11.5 Å². The summed E-state index contributed by atoms with van der Waals surface area (Å²) < 4.78 is 13.3. The number of phenols is 1. The molecule has 3 rings (SSSR count). The van der Waals surface area contributed by atoms with Gasteiger partial charge in [0, 0.05) is 32.9 Å². The van der Waals surface area contributed by atoms with E-state index >= 15 is 0 Å². The average molecular weight is 378 g/mol. The van der Waals surface area contributed by atoms with E-state index in [0.29, 0.717) is 18.5 Å². The van der Waals surface area contributed by atoms with Crippen molar-refractivity contribution in [2.45, 2.75) is 57.4 Å². The van der Waals surface area contributed by atoms with Crippen molar-refractivity contribution >= 4 is 25.1 Å². The normalized spacial score (nSPS) is 15.7. The van der Waals surface area contributed by atoms with Gasteiger partial charge in [0.05, 0.1) is 18.1 Å². The molecule has 0 spiro atoms. The first-order valence-corrected chi connectivity index (χ1v) is 13.2. The first kappa shape index (κ1) is 19.0. The van der Waals surface area contributed by atoms with E-state index in [1.165, 1.54) is 12.8 Å². The molecule has 1 saturated carbocycles. The van der Waals surface area contributed by atoms with Crippen LogP contribution in [-0.2, 0) is 4.74 Å². The van der Waals surface area contributed by atoms with Crippen LogP contribution in [0.2, 0.25) is 25.7 Å². The Morgan fingerprint density at radius 3 is 2.65 bits per heavy atom. The second-order valence-corrected chi connectivity index (χ2v) is 13.9. The molecule has 0 atom stereocenters. The number of nitrogens with one attached hydrogen (secondary N) is 1. The Morgan fingerprint density at radius 2 is 2.00 bits per heavy atom. The predicted molar refractivity (Wildman–Crippen MR) is 108 cm³/mol. The number of methoxy groups -OCH3 is 1. The summed E-state index contributed by atoms with van der Waals surface area (Å²) in [5.41, 5.74) is 1.77. The minimum Gasteiger partial charge on any atom is -0.504 e. The number of hydrogen-bond acceptors (Lipinski definition) is 5. The maximum absolute atomic E-state index is 10.1. The fraction of sp³-hybridized carbons (Fsp3) is 0.632. The third kappa shape index (κ3) is 4.32. The molecule has 1 aromatic heterocycles. The van der Waals surface area contributed by atoms with Crippen LogP contribution in [0.3, 0.4) is 0 Å². The van der Waals surface area contributed by atoms with Crippen LogP contribution in [-0.4, -0.2) is 43.2 Å². The van der Waals surface area contributed by atoms with E-state index in [-0.39, 0.29) is 5.75 Å². The molecule has 6 nitrogen and oxygen atoms in total. The molecule has 0 aliphatic heterocycles. The van der Waals surface area contributed by atoms with Gasteiger partial charge in [-0.05, 0) is 18.9 Å². The molecule has 2 aromatic rings. The van der Waals surface area contributed by atoms with Gasteiger partial charge in [-0.2, -0.15) is 0 Å². The lowest BCUT2D eigenvalue weighted by Gasteiger charge is -2.18. The summed E-state index contributed by atoms with van der Waals surface area (Å²) in [7, 11) is 0.495. The van der Waals surface area contributed by atoms with Crippen molar-refractivity contribution in [3.63, 3.8) is 0 Å². The summed E-state index contributed by atoms with van der Waals surface area (Å²) in [5.74, 6) is 1.41. The van der Waals surface area contributed by atoms with E-state index in [2.05, 4.69) is 29.5 Å². The number of hydrogen-bond donors (Lipinski definition) is 2. The van der Waals surface area contributed by atoms with Crippen molar-refractivity contribution < 1.29 is 14.6 Å². The monoisotopic (exact) mass is 377 g/mol. The van der Waals surface area contributed by atoms with Gasteiger partial charge in [-0.3, -0.25) is 0 Å². The van der Waals surface area contributed by atoms with Crippen LogP contribution in [0.5, 0.6) is 11.5 Å². The molecule has 0 saturated heterocycles. The summed E-state index contributed by atoms with van der Waals surface area (Å²) in [6.45, 7) is 8.28. The Bertz CT molecular complexity index is 749. The highest BCUT2D eigenvalue weighted by molar-refractivity contribution is 6.76. The van der Waals surface area contributed by atoms with E-state index in [1.807, 2.05) is 6.07 Å². The number of anilines is 1. The highest BCUT2D eigenvalue weighted by Gasteiger charge is 2.24. The third-order valence-electron chi connectivity index (χ3n) is 5.01. The number of ether oxygens (including phenoxy) is 2. The summed E-state index contributed by atoms with van der Waals surface area (Å²) in [4.78, 5) is 4.70. The lowest BCUT2D eigenvalue weighted by atomic mass is 10.2. The summed E-state index contributed by atoms with van der Waals surface area (Å²) in [5, 5.41) is 13.4. The Hall–Kier alpha value is -1.73. The number of nitrogens with zero attached hydrogens (tertiary/aromatic N) is 2. The van der Waals surface area contributed by atoms with Crippen molar-refractivity contribution in [1.82, 2.24) is 9.55 Å². The molecule has 0 radical (unpaired) electrons. The Kier molecular flexibility index (Phi) is 5.77. The second kappa shape index (κ2) is 7.88. The fourth-order valence-corrected chi connectivity index (χ4v) is 4.25. The highest BCUT2D eigenvalue weighted by Crippen LogP contribution is 2.38. The Labute approximate surface area is 156 Å². The lowest BCUT2D eigenvalue weighted by Crippen LogP contribution is -2.23. The standard InChI is InChI=1S/C19H31N3O3Si/c1-24-18-12-16-15(11-17(18)23)21-19(22(16)14-7-5-6-8-14)20-13-25-9-10-26(2,3)4/h11-12,14,23H,5-10,13H2,1-4H3,(H,20,21). The van der Waals surface area contributed by atoms with E-state index in [9.17, 15) is 5.11 Å². The van der Waals surface area contributed by atoms with Gasteiger partial charge in [0.15, 0.2) is 11.5 Å². The maximum Gasteiger partial charge on any atom is 0.205 e. The molecule has 26 heavy (non-hydrogen) atoms. The number of phenolic OH excluding ortho intramolecular Hbond substituents is 1. The van der Waals surface area contributed by atoms with Gasteiger partial charge in [-0.1, -0.05) is 32.5 Å². The summed E-state index contributed by atoms with van der Waals surface area (Å²) in [6, 6.07) is 5.14. The van der Waals surface area contributed by atoms with E-state index in [0.717, 1.165) is 42.5 Å². The third-order valence-corrected chi connectivity index (χ3v) is 6.71. The molecule has 1 aromatic carbocycles. The topological polar surface area (TPSA) is 68.5 Å². The van der Waals surface area contributed by atoms with Crippen LogP contribution < -0.4 is 10.1 Å². The van der Waals surface area contributed by atoms with Gasteiger partial charge in [-0.25, -0.2) is 4.98 Å². The Morgan fingerprint density at radius 1 is 1.27 bits per heavy atom. The van der Waals surface area contributed by atoms with Crippen LogP contribution >= 0.6 is 0 Å². The molecule has 144 valence electrons. The van der Waals surface area contributed by atoms with Gasteiger partial charge < -0.3 is 24.5 Å². The van der Waals surface area contributed by atoms with Crippen LogP contribution in [0, 0.1) is 0 Å².